The van der Waals surface area contributed by atoms with Gasteiger partial charge in [-0.1, -0.05) is 32.0 Å². The van der Waals surface area contributed by atoms with E-state index >= 15 is 0 Å². The number of nitrogens with two attached hydrogens (primary N) is 1. The highest BCUT2D eigenvalue weighted by molar-refractivity contribution is 7.80. The van der Waals surface area contributed by atoms with E-state index in [9.17, 15) is 0 Å². The van der Waals surface area contributed by atoms with Crippen molar-refractivity contribution in [3.63, 3.8) is 0 Å². The van der Waals surface area contributed by atoms with Crippen molar-refractivity contribution in [2.24, 2.45) is 12.8 Å². The molecule has 5 heteroatoms. The molecule has 0 atom stereocenters. The Hall–Kier alpha value is -1.10. The van der Waals surface area contributed by atoms with Gasteiger partial charge in [0.2, 0.25) is 0 Å². The van der Waals surface area contributed by atoms with Crippen LogP contribution in [0.15, 0.2) is 0 Å². The Kier molecular flexibility index (Phi) is 4.73. The number of nitrogens with one attached hydrogen (secondary N) is 1. The number of nitrogens with zero attached hydrogens (tertiary/aromatic N) is 2. The van der Waals surface area contributed by atoms with E-state index in [0.717, 1.165) is 30.0 Å². The van der Waals surface area contributed by atoms with Gasteiger partial charge in [0.1, 0.15) is 10.8 Å². The maximum atomic E-state index is 5.70. The molecule has 1 heterocycles. The minimum Gasteiger partial charge on any atom is -0.389 e. The van der Waals surface area contributed by atoms with Crippen molar-refractivity contribution >= 4 is 23.0 Å². The summed E-state index contributed by atoms with van der Waals surface area (Å²) < 4.78 is 1.80. The molecule has 0 aromatic carbocycles. The zero-order valence-electron chi connectivity index (χ0n) is 10.2. The summed E-state index contributed by atoms with van der Waals surface area (Å²) in [6.07, 6.45) is 3.60. The standard InChI is InChI=1S/C11H20N4S/c1-4-5-6-7-13-11-9(10(12)16)8(2)14-15(11)3/h13H,4-7H2,1-3H3,(H2,12,16). The fourth-order valence-electron chi connectivity index (χ4n) is 1.74. The molecule has 0 radical (unpaired) electrons. The summed E-state index contributed by atoms with van der Waals surface area (Å²) in [6, 6.07) is 0. The van der Waals surface area contributed by atoms with Crippen molar-refractivity contribution < 1.29 is 0 Å². The Bertz CT molecular complexity index is 370. The Balaban J connectivity index is 2.74. The van der Waals surface area contributed by atoms with Crippen molar-refractivity contribution in [1.82, 2.24) is 9.78 Å². The molecule has 1 aromatic heterocycles. The predicted octanol–water partition coefficient (Wildman–Crippen LogP) is 1.96. The molecule has 1 aromatic rings. The van der Waals surface area contributed by atoms with Crippen molar-refractivity contribution in [3.8, 4) is 0 Å². The summed E-state index contributed by atoms with van der Waals surface area (Å²) in [6.45, 7) is 5.04. The van der Waals surface area contributed by atoms with Crippen LogP contribution in [0, 0.1) is 6.92 Å². The normalized spacial score (nSPS) is 10.4. The number of thiocarbonyl (C=S) groups is 1. The van der Waals surface area contributed by atoms with E-state index in [2.05, 4.69) is 17.3 Å². The molecular weight excluding hydrogens is 220 g/mol. The van der Waals surface area contributed by atoms with E-state index in [-0.39, 0.29) is 0 Å². The van der Waals surface area contributed by atoms with Crippen molar-refractivity contribution in [3.05, 3.63) is 11.3 Å². The van der Waals surface area contributed by atoms with Crippen LogP contribution in [0.5, 0.6) is 0 Å². The van der Waals surface area contributed by atoms with Gasteiger partial charge in [-0.2, -0.15) is 5.10 Å². The molecule has 0 bridgehead atoms. The van der Waals surface area contributed by atoms with Crippen LogP contribution in [0.2, 0.25) is 0 Å². The zero-order valence-corrected chi connectivity index (χ0v) is 11.0. The van der Waals surface area contributed by atoms with Crippen LogP contribution >= 0.6 is 12.2 Å². The number of hydrogen-bond acceptors (Lipinski definition) is 3. The molecule has 0 unspecified atom stereocenters. The monoisotopic (exact) mass is 240 g/mol. The molecule has 4 nitrogen and oxygen atoms in total. The maximum absolute atomic E-state index is 5.70. The topological polar surface area (TPSA) is 55.9 Å². The van der Waals surface area contributed by atoms with Gasteiger partial charge >= 0.3 is 0 Å². The third-order valence-electron chi connectivity index (χ3n) is 2.54. The first kappa shape index (κ1) is 13.0. The van der Waals surface area contributed by atoms with Crippen LogP contribution in [0.3, 0.4) is 0 Å². The molecule has 0 aliphatic heterocycles. The molecule has 3 N–H and O–H groups in total. The second kappa shape index (κ2) is 5.84. The van der Waals surface area contributed by atoms with Crippen LogP contribution in [-0.2, 0) is 7.05 Å². The largest absolute Gasteiger partial charge is 0.389 e. The van der Waals surface area contributed by atoms with Crippen LogP contribution in [0.25, 0.3) is 0 Å². The number of unbranched alkanes of at least 4 members (excludes halogenated alkanes) is 2. The summed E-state index contributed by atoms with van der Waals surface area (Å²) in [5.41, 5.74) is 7.45. The van der Waals surface area contributed by atoms with E-state index in [1.165, 1.54) is 12.8 Å². The highest BCUT2D eigenvalue weighted by Crippen LogP contribution is 2.18. The average Bonchev–Trinajstić information content (AvgIpc) is 2.48. The first-order valence-electron chi connectivity index (χ1n) is 5.65. The lowest BCUT2D eigenvalue weighted by atomic mass is 10.2. The van der Waals surface area contributed by atoms with Crippen molar-refractivity contribution in [1.29, 1.82) is 0 Å². The quantitative estimate of drug-likeness (QED) is 0.589. The number of hydrogen-bond donors (Lipinski definition) is 2. The zero-order chi connectivity index (χ0) is 12.1. The summed E-state index contributed by atoms with van der Waals surface area (Å²) in [5.74, 6) is 0.932. The Morgan fingerprint density at radius 3 is 2.75 bits per heavy atom. The summed E-state index contributed by atoms with van der Waals surface area (Å²) in [5, 5.41) is 7.67. The summed E-state index contributed by atoms with van der Waals surface area (Å²) in [7, 11) is 1.90. The smallest absolute Gasteiger partial charge is 0.134 e. The summed E-state index contributed by atoms with van der Waals surface area (Å²) >= 11 is 5.04. The fourth-order valence-corrected chi connectivity index (χ4v) is 1.98. The third kappa shape index (κ3) is 2.95. The van der Waals surface area contributed by atoms with E-state index < -0.39 is 0 Å². The molecule has 0 saturated carbocycles. The summed E-state index contributed by atoms with van der Waals surface area (Å²) in [4.78, 5) is 0.406. The van der Waals surface area contributed by atoms with Crippen LogP contribution in [0.4, 0.5) is 5.82 Å². The van der Waals surface area contributed by atoms with Gasteiger partial charge in [-0.25, -0.2) is 0 Å². The molecule has 1 rings (SSSR count). The Morgan fingerprint density at radius 2 is 2.19 bits per heavy atom. The van der Waals surface area contributed by atoms with Gasteiger partial charge in [-0.15, -0.1) is 0 Å². The maximum Gasteiger partial charge on any atom is 0.134 e. The SMILES string of the molecule is CCCCCNc1c(C(N)=S)c(C)nn1C. The lowest BCUT2D eigenvalue weighted by Gasteiger charge is -2.08. The van der Waals surface area contributed by atoms with Gasteiger partial charge in [0.15, 0.2) is 0 Å². The lowest BCUT2D eigenvalue weighted by molar-refractivity contribution is 0.723. The Morgan fingerprint density at radius 1 is 1.50 bits per heavy atom. The van der Waals surface area contributed by atoms with E-state index in [4.69, 9.17) is 18.0 Å². The highest BCUT2D eigenvalue weighted by atomic mass is 32.1. The third-order valence-corrected chi connectivity index (χ3v) is 2.75. The number of aromatic nitrogens is 2. The molecule has 0 amide bonds. The molecule has 0 aliphatic rings. The van der Waals surface area contributed by atoms with Crippen LogP contribution in [-0.4, -0.2) is 21.3 Å². The minimum absolute atomic E-state index is 0.406. The predicted molar refractivity (Wildman–Crippen MR) is 71.8 cm³/mol. The molecular formula is C11H20N4S. The molecule has 0 saturated heterocycles. The van der Waals surface area contributed by atoms with E-state index in [1.54, 1.807) is 4.68 Å². The van der Waals surface area contributed by atoms with Crippen molar-refractivity contribution in [2.45, 2.75) is 33.1 Å². The second-order valence-corrected chi connectivity index (χ2v) is 4.37. The van der Waals surface area contributed by atoms with Gasteiger partial charge in [0.25, 0.3) is 0 Å². The van der Waals surface area contributed by atoms with Gasteiger partial charge in [-0.05, 0) is 13.3 Å². The van der Waals surface area contributed by atoms with Gasteiger partial charge in [-0.3, -0.25) is 4.68 Å². The van der Waals surface area contributed by atoms with Gasteiger partial charge in [0, 0.05) is 13.6 Å². The molecule has 0 spiro atoms. The molecule has 90 valence electrons. The lowest BCUT2D eigenvalue weighted by Crippen LogP contribution is -2.15. The first-order valence-corrected chi connectivity index (χ1v) is 6.06. The number of aryl methyl sites for hydroxylation is 2. The van der Waals surface area contributed by atoms with Gasteiger partial charge in [0.05, 0.1) is 11.3 Å². The van der Waals surface area contributed by atoms with Crippen LogP contribution in [0.1, 0.15) is 37.4 Å². The molecule has 16 heavy (non-hydrogen) atoms. The Labute approximate surface area is 102 Å². The van der Waals surface area contributed by atoms with Crippen LogP contribution < -0.4 is 11.1 Å². The molecule has 0 fully saturated rings. The minimum atomic E-state index is 0.406. The second-order valence-electron chi connectivity index (χ2n) is 3.93. The fraction of sp³-hybridized carbons (Fsp3) is 0.636. The first-order chi connectivity index (χ1) is 7.57. The molecule has 0 aliphatic carbocycles. The van der Waals surface area contributed by atoms with E-state index in [0.29, 0.717) is 4.99 Å². The highest BCUT2D eigenvalue weighted by Gasteiger charge is 2.14. The number of rotatable bonds is 6. The van der Waals surface area contributed by atoms with Gasteiger partial charge < -0.3 is 11.1 Å². The van der Waals surface area contributed by atoms with E-state index in [1.807, 2.05) is 14.0 Å². The number of anilines is 1. The van der Waals surface area contributed by atoms with Crippen molar-refractivity contribution in [2.75, 3.05) is 11.9 Å². The average molecular weight is 240 g/mol.